The highest BCUT2D eigenvalue weighted by atomic mass is 16.3. The van der Waals surface area contributed by atoms with Crippen LogP contribution in [-0.2, 0) is 0 Å². The zero-order chi connectivity index (χ0) is 16.3. The van der Waals surface area contributed by atoms with Gasteiger partial charge in [0.25, 0.3) is 11.8 Å². The quantitative estimate of drug-likeness (QED) is 0.758. The van der Waals surface area contributed by atoms with Gasteiger partial charge in [-0.1, -0.05) is 32.0 Å². The van der Waals surface area contributed by atoms with Crippen molar-refractivity contribution in [1.29, 1.82) is 0 Å². The lowest BCUT2D eigenvalue weighted by Crippen LogP contribution is -2.18. The van der Waals surface area contributed by atoms with Gasteiger partial charge in [0.05, 0.1) is 11.3 Å². The van der Waals surface area contributed by atoms with Crippen LogP contribution >= 0.6 is 0 Å². The standard InChI is InChI=1S/C17H18N2O3/c1-10(2)11-6-8-12(9-7-11)17(22)19-15-13(16(18)21)4-3-5-14(15)20/h3-10,20H,1-2H3,(H2,18,21)(H,19,22). The maximum atomic E-state index is 12.2. The van der Waals surface area contributed by atoms with E-state index in [4.69, 9.17) is 5.73 Å². The lowest BCUT2D eigenvalue weighted by atomic mass is 10.0. The van der Waals surface area contributed by atoms with Gasteiger partial charge in [0, 0.05) is 5.56 Å². The molecule has 2 aromatic rings. The first-order chi connectivity index (χ1) is 10.4. The Balaban J connectivity index is 2.27. The molecule has 2 aromatic carbocycles. The molecule has 2 rings (SSSR count). The number of phenolic OH excluding ortho intramolecular Hbond substituents is 1. The Bertz CT molecular complexity index is 706. The summed E-state index contributed by atoms with van der Waals surface area (Å²) in [5, 5.41) is 12.4. The van der Waals surface area contributed by atoms with Crippen molar-refractivity contribution in [3.05, 3.63) is 59.2 Å². The molecule has 0 radical (unpaired) electrons. The summed E-state index contributed by atoms with van der Waals surface area (Å²) in [7, 11) is 0. The highest BCUT2D eigenvalue weighted by molar-refractivity contribution is 6.09. The topological polar surface area (TPSA) is 92.4 Å². The molecule has 0 fully saturated rings. The van der Waals surface area contributed by atoms with Gasteiger partial charge < -0.3 is 16.2 Å². The second-order valence-corrected chi connectivity index (χ2v) is 5.29. The van der Waals surface area contributed by atoms with E-state index in [1.807, 2.05) is 12.1 Å². The second-order valence-electron chi connectivity index (χ2n) is 5.29. The van der Waals surface area contributed by atoms with Crippen LogP contribution in [0.3, 0.4) is 0 Å². The molecule has 0 saturated heterocycles. The largest absolute Gasteiger partial charge is 0.506 e. The van der Waals surface area contributed by atoms with Gasteiger partial charge in [-0.25, -0.2) is 0 Å². The molecule has 0 unspecified atom stereocenters. The normalized spacial score (nSPS) is 10.5. The second kappa shape index (κ2) is 6.30. The number of benzene rings is 2. The maximum absolute atomic E-state index is 12.2. The fraction of sp³-hybridized carbons (Fsp3) is 0.176. The van der Waals surface area contributed by atoms with Gasteiger partial charge in [0.2, 0.25) is 0 Å². The van der Waals surface area contributed by atoms with Gasteiger partial charge in [-0.05, 0) is 35.7 Å². The van der Waals surface area contributed by atoms with Crippen molar-refractivity contribution in [2.24, 2.45) is 5.73 Å². The molecule has 0 aliphatic rings. The van der Waals surface area contributed by atoms with Gasteiger partial charge >= 0.3 is 0 Å². The minimum Gasteiger partial charge on any atom is -0.506 e. The molecule has 0 aliphatic carbocycles. The van der Waals surface area contributed by atoms with E-state index in [9.17, 15) is 14.7 Å². The number of primary amides is 1. The lowest BCUT2D eigenvalue weighted by Gasteiger charge is -2.11. The number of anilines is 1. The van der Waals surface area contributed by atoms with E-state index in [1.165, 1.54) is 18.2 Å². The molecular formula is C17H18N2O3. The van der Waals surface area contributed by atoms with Crippen molar-refractivity contribution in [3.8, 4) is 5.75 Å². The highest BCUT2D eigenvalue weighted by Gasteiger charge is 2.16. The molecule has 0 aromatic heterocycles. The SMILES string of the molecule is CC(C)c1ccc(C(=O)Nc2c(O)cccc2C(N)=O)cc1. The summed E-state index contributed by atoms with van der Waals surface area (Å²) in [6, 6.07) is 11.5. The van der Waals surface area contributed by atoms with Gasteiger partial charge in [0.1, 0.15) is 5.75 Å². The van der Waals surface area contributed by atoms with E-state index in [0.29, 0.717) is 11.5 Å². The summed E-state index contributed by atoms with van der Waals surface area (Å²) in [5.74, 6) is -0.971. The molecule has 0 atom stereocenters. The number of para-hydroxylation sites is 1. The molecule has 4 N–H and O–H groups in total. The number of nitrogens with two attached hydrogens (primary N) is 1. The average molecular weight is 298 g/mol. The molecular weight excluding hydrogens is 280 g/mol. The number of carbonyl (C=O) groups excluding carboxylic acids is 2. The number of rotatable bonds is 4. The number of hydrogen-bond acceptors (Lipinski definition) is 3. The first-order valence-corrected chi connectivity index (χ1v) is 6.93. The van der Waals surface area contributed by atoms with Crippen LogP contribution in [0.5, 0.6) is 5.75 Å². The number of amides is 2. The fourth-order valence-electron chi connectivity index (χ4n) is 2.08. The third-order valence-corrected chi connectivity index (χ3v) is 3.39. The van der Waals surface area contributed by atoms with Crippen molar-refractivity contribution < 1.29 is 14.7 Å². The van der Waals surface area contributed by atoms with Gasteiger partial charge in [-0.15, -0.1) is 0 Å². The predicted octanol–water partition coefficient (Wildman–Crippen LogP) is 2.87. The molecule has 114 valence electrons. The summed E-state index contributed by atoms with van der Waals surface area (Å²) in [6.07, 6.45) is 0. The summed E-state index contributed by atoms with van der Waals surface area (Å²) >= 11 is 0. The number of hydrogen-bond donors (Lipinski definition) is 3. The van der Waals surface area contributed by atoms with E-state index in [0.717, 1.165) is 5.56 Å². The van der Waals surface area contributed by atoms with Crippen molar-refractivity contribution >= 4 is 17.5 Å². The average Bonchev–Trinajstić information content (AvgIpc) is 2.49. The number of nitrogens with one attached hydrogen (secondary N) is 1. The zero-order valence-corrected chi connectivity index (χ0v) is 12.5. The summed E-state index contributed by atoms with van der Waals surface area (Å²) in [4.78, 5) is 23.6. The number of aromatic hydroxyl groups is 1. The first kappa shape index (κ1) is 15.6. The Morgan fingerprint density at radius 2 is 1.73 bits per heavy atom. The van der Waals surface area contributed by atoms with Crippen LogP contribution in [0.2, 0.25) is 0 Å². The van der Waals surface area contributed by atoms with Crippen LogP contribution < -0.4 is 11.1 Å². The van der Waals surface area contributed by atoms with Crippen LogP contribution in [0.4, 0.5) is 5.69 Å². The molecule has 0 bridgehead atoms. The molecule has 2 amide bonds. The molecule has 22 heavy (non-hydrogen) atoms. The van der Waals surface area contributed by atoms with Crippen LogP contribution in [0.1, 0.15) is 46.0 Å². The Morgan fingerprint density at radius 3 is 2.27 bits per heavy atom. The molecule has 0 aliphatic heterocycles. The minimum absolute atomic E-state index is 0.0212. The van der Waals surface area contributed by atoms with E-state index in [-0.39, 0.29) is 17.0 Å². The van der Waals surface area contributed by atoms with Crippen LogP contribution in [0, 0.1) is 0 Å². The lowest BCUT2D eigenvalue weighted by molar-refractivity contribution is 0.100. The molecule has 0 spiro atoms. The van der Waals surface area contributed by atoms with Crippen molar-refractivity contribution in [3.63, 3.8) is 0 Å². The predicted molar refractivity (Wildman–Crippen MR) is 85.1 cm³/mol. The molecule has 5 heteroatoms. The van der Waals surface area contributed by atoms with Crippen molar-refractivity contribution in [2.45, 2.75) is 19.8 Å². The fourth-order valence-corrected chi connectivity index (χ4v) is 2.08. The highest BCUT2D eigenvalue weighted by Crippen LogP contribution is 2.27. The number of phenols is 1. The summed E-state index contributed by atoms with van der Waals surface area (Å²) in [5.41, 5.74) is 6.89. The minimum atomic E-state index is -0.721. The molecule has 0 heterocycles. The van der Waals surface area contributed by atoms with E-state index in [2.05, 4.69) is 19.2 Å². The van der Waals surface area contributed by atoms with Gasteiger partial charge in [-0.3, -0.25) is 9.59 Å². The molecule has 5 nitrogen and oxygen atoms in total. The van der Waals surface area contributed by atoms with Crippen LogP contribution in [0.25, 0.3) is 0 Å². The van der Waals surface area contributed by atoms with Gasteiger partial charge in [0.15, 0.2) is 0 Å². The van der Waals surface area contributed by atoms with Crippen molar-refractivity contribution in [1.82, 2.24) is 0 Å². The zero-order valence-electron chi connectivity index (χ0n) is 12.5. The molecule has 0 saturated carbocycles. The third kappa shape index (κ3) is 3.25. The summed E-state index contributed by atoms with van der Waals surface area (Å²) in [6.45, 7) is 4.13. The number of carbonyl (C=O) groups is 2. The van der Waals surface area contributed by atoms with E-state index >= 15 is 0 Å². The first-order valence-electron chi connectivity index (χ1n) is 6.93. The van der Waals surface area contributed by atoms with Crippen molar-refractivity contribution in [2.75, 3.05) is 5.32 Å². The van der Waals surface area contributed by atoms with E-state index < -0.39 is 11.8 Å². The van der Waals surface area contributed by atoms with Crippen LogP contribution in [0.15, 0.2) is 42.5 Å². The summed E-state index contributed by atoms with van der Waals surface area (Å²) < 4.78 is 0. The van der Waals surface area contributed by atoms with E-state index in [1.54, 1.807) is 12.1 Å². The van der Waals surface area contributed by atoms with Gasteiger partial charge in [-0.2, -0.15) is 0 Å². The van der Waals surface area contributed by atoms with Crippen LogP contribution in [-0.4, -0.2) is 16.9 Å². The Morgan fingerprint density at radius 1 is 1.09 bits per heavy atom. The Hall–Kier alpha value is -2.82. The monoisotopic (exact) mass is 298 g/mol. The smallest absolute Gasteiger partial charge is 0.255 e. The Kier molecular flexibility index (Phi) is 4.46. The third-order valence-electron chi connectivity index (χ3n) is 3.39. The Labute approximate surface area is 128 Å². The maximum Gasteiger partial charge on any atom is 0.255 e.